The Hall–Kier alpha value is -3.47. The second kappa shape index (κ2) is 9.80. The first-order valence-electron chi connectivity index (χ1n) is 9.51. The molecule has 0 bridgehead atoms. The van der Waals surface area contributed by atoms with Gasteiger partial charge in [0.2, 0.25) is 0 Å². The van der Waals surface area contributed by atoms with Gasteiger partial charge in [0.05, 0.1) is 0 Å². The van der Waals surface area contributed by atoms with Crippen LogP contribution in [0.3, 0.4) is 0 Å². The number of aromatic nitrogens is 1. The molecule has 0 atom stereocenters. The van der Waals surface area contributed by atoms with Gasteiger partial charge < -0.3 is 10.1 Å². The first kappa shape index (κ1) is 25.2. The summed E-state index contributed by atoms with van der Waals surface area (Å²) in [6.07, 6.45) is -5.11. The first-order valence-corrected chi connectivity index (χ1v) is 9.89. The quantitative estimate of drug-likeness (QED) is 0.482. The van der Waals surface area contributed by atoms with Crippen LogP contribution in [0.1, 0.15) is 16.8 Å². The molecule has 1 N–H and O–H groups in total. The van der Waals surface area contributed by atoms with Gasteiger partial charge in [-0.05, 0) is 42.3 Å². The van der Waals surface area contributed by atoms with E-state index in [1.54, 1.807) is 5.32 Å². The van der Waals surface area contributed by atoms with Crippen molar-refractivity contribution in [3.63, 3.8) is 0 Å². The first-order chi connectivity index (χ1) is 15.9. The number of ether oxygens (including phenoxy) is 1. The molecular weight excluding hydrogens is 490 g/mol. The number of halogens is 7. The second-order valence-electron chi connectivity index (χ2n) is 7.06. The minimum atomic E-state index is -5.11. The summed E-state index contributed by atoms with van der Waals surface area (Å²) in [5.74, 6) is -5.12. The molecule has 0 saturated carbocycles. The van der Waals surface area contributed by atoms with Gasteiger partial charge in [0.25, 0.3) is 5.56 Å². The predicted octanol–water partition coefficient (Wildman–Crippen LogP) is 4.97. The molecule has 1 heterocycles. The molecule has 180 valence electrons. The van der Waals surface area contributed by atoms with Crippen molar-refractivity contribution in [1.29, 1.82) is 0 Å². The standard InChI is InChI=1S/C22H15ClF6N2O3/c1-11-7-17(18(23)20(32)31(11)19-15(25)3-2-4-16(19)26)34-10-12-5-6-14(24)8-13(12)9-30-21(33)22(27,28)29/h2-8H,9-10H2,1H3,(H,30,33). The van der Waals surface area contributed by atoms with E-state index >= 15 is 0 Å². The van der Waals surface area contributed by atoms with E-state index < -0.39 is 52.3 Å². The predicted molar refractivity (Wildman–Crippen MR) is 110 cm³/mol. The van der Waals surface area contributed by atoms with E-state index in [4.69, 9.17) is 16.3 Å². The van der Waals surface area contributed by atoms with Gasteiger partial charge in [0.15, 0.2) is 0 Å². The van der Waals surface area contributed by atoms with E-state index in [-0.39, 0.29) is 29.2 Å². The molecule has 0 aliphatic rings. The Labute approximate surface area is 193 Å². The topological polar surface area (TPSA) is 60.3 Å². The van der Waals surface area contributed by atoms with E-state index in [0.29, 0.717) is 0 Å². The Bertz CT molecular complexity index is 1290. The number of benzene rings is 2. The molecule has 0 saturated heterocycles. The fourth-order valence-electron chi connectivity index (χ4n) is 3.10. The Morgan fingerprint density at radius 3 is 2.32 bits per heavy atom. The molecule has 0 fully saturated rings. The van der Waals surface area contributed by atoms with Crippen LogP contribution in [0, 0.1) is 24.4 Å². The zero-order valence-electron chi connectivity index (χ0n) is 17.3. The van der Waals surface area contributed by atoms with Gasteiger partial charge in [-0.15, -0.1) is 0 Å². The maximum Gasteiger partial charge on any atom is 0.471 e. The molecule has 12 heteroatoms. The number of hydrogen-bond acceptors (Lipinski definition) is 3. The van der Waals surface area contributed by atoms with Crippen LogP contribution in [0.15, 0.2) is 47.3 Å². The Morgan fingerprint density at radius 1 is 1.06 bits per heavy atom. The average molecular weight is 505 g/mol. The number of nitrogens with zero attached hydrogens (tertiary/aromatic N) is 1. The summed E-state index contributed by atoms with van der Waals surface area (Å²) in [4.78, 5) is 23.8. The number of rotatable bonds is 6. The molecule has 0 aliphatic carbocycles. The van der Waals surface area contributed by atoms with E-state index in [1.165, 1.54) is 19.1 Å². The monoisotopic (exact) mass is 504 g/mol. The van der Waals surface area contributed by atoms with Crippen molar-refractivity contribution >= 4 is 17.5 Å². The second-order valence-corrected chi connectivity index (χ2v) is 7.43. The van der Waals surface area contributed by atoms with Crippen molar-refractivity contribution < 1.29 is 35.9 Å². The normalized spacial score (nSPS) is 11.4. The van der Waals surface area contributed by atoms with Gasteiger partial charge in [-0.3, -0.25) is 14.2 Å². The van der Waals surface area contributed by atoms with Gasteiger partial charge in [0, 0.05) is 18.3 Å². The van der Waals surface area contributed by atoms with E-state index in [1.807, 2.05) is 0 Å². The molecule has 2 aromatic carbocycles. The Kier molecular flexibility index (Phi) is 7.25. The lowest BCUT2D eigenvalue weighted by Gasteiger charge is -2.16. The molecule has 0 aliphatic heterocycles. The highest BCUT2D eigenvalue weighted by molar-refractivity contribution is 6.31. The summed E-state index contributed by atoms with van der Waals surface area (Å²) in [6, 6.07) is 7.48. The van der Waals surface area contributed by atoms with Crippen LogP contribution in [-0.2, 0) is 17.9 Å². The van der Waals surface area contributed by atoms with Gasteiger partial charge in [-0.2, -0.15) is 13.2 Å². The third-order valence-electron chi connectivity index (χ3n) is 4.71. The number of para-hydroxylation sites is 1. The van der Waals surface area contributed by atoms with E-state index in [2.05, 4.69) is 0 Å². The molecule has 1 amide bonds. The number of pyridine rings is 1. The third kappa shape index (κ3) is 5.36. The summed E-state index contributed by atoms with van der Waals surface area (Å²) < 4.78 is 85.5. The molecule has 1 aromatic heterocycles. The van der Waals surface area contributed by atoms with Crippen LogP contribution in [-0.4, -0.2) is 16.7 Å². The van der Waals surface area contributed by atoms with Crippen LogP contribution in [0.4, 0.5) is 26.3 Å². The number of carbonyl (C=O) groups is 1. The van der Waals surface area contributed by atoms with Gasteiger partial charge in [-0.1, -0.05) is 23.7 Å². The lowest BCUT2D eigenvalue weighted by atomic mass is 10.1. The molecule has 0 spiro atoms. The maximum absolute atomic E-state index is 14.2. The van der Waals surface area contributed by atoms with Crippen LogP contribution in [0.5, 0.6) is 5.75 Å². The fraction of sp³-hybridized carbons (Fsp3) is 0.182. The van der Waals surface area contributed by atoms with Gasteiger partial charge >= 0.3 is 12.1 Å². The minimum absolute atomic E-state index is 0.00721. The number of alkyl halides is 3. The zero-order valence-corrected chi connectivity index (χ0v) is 18.0. The van der Waals surface area contributed by atoms with Gasteiger partial charge in [0.1, 0.15) is 40.5 Å². The Morgan fingerprint density at radius 2 is 1.71 bits per heavy atom. The van der Waals surface area contributed by atoms with Crippen molar-refractivity contribution in [3.8, 4) is 11.4 Å². The minimum Gasteiger partial charge on any atom is -0.487 e. The molecule has 34 heavy (non-hydrogen) atoms. The summed E-state index contributed by atoms with van der Waals surface area (Å²) in [5, 5.41) is 1.12. The Balaban J connectivity index is 1.88. The highest BCUT2D eigenvalue weighted by Gasteiger charge is 2.38. The number of amides is 1. The summed E-state index contributed by atoms with van der Waals surface area (Å²) in [7, 11) is 0. The van der Waals surface area contributed by atoms with Crippen LogP contribution in [0.25, 0.3) is 5.69 Å². The lowest BCUT2D eigenvalue weighted by Crippen LogP contribution is -2.36. The highest BCUT2D eigenvalue weighted by atomic mass is 35.5. The van der Waals surface area contributed by atoms with E-state index in [0.717, 1.165) is 34.9 Å². The lowest BCUT2D eigenvalue weighted by molar-refractivity contribution is -0.173. The third-order valence-corrected chi connectivity index (χ3v) is 5.06. The highest BCUT2D eigenvalue weighted by Crippen LogP contribution is 2.27. The molecule has 0 unspecified atom stereocenters. The SMILES string of the molecule is Cc1cc(OCc2ccc(F)cc2CNC(=O)C(F)(F)F)c(Cl)c(=O)n1-c1c(F)cccc1F. The number of nitrogens with one attached hydrogen (secondary N) is 1. The van der Waals surface area contributed by atoms with Crippen molar-refractivity contribution in [2.45, 2.75) is 26.3 Å². The molecule has 5 nitrogen and oxygen atoms in total. The molecule has 3 aromatic rings. The largest absolute Gasteiger partial charge is 0.487 e. The van der Waals surface area contributed by atoms with Crippen molar-refractivity contribution in [2.24, 2.45) is 0 Å². The number of carbonyl (C=O) groups excluding carboxylic acids is 1. The molecule has 0 radical (unpaired) electrons. The zero-order chi connectivity index (χ0) is 25.2. The van der Waals surface area contributed by atoms with Crippen molar-refractivity contribution in [2.75, 3.05) is 0 Å². The summed E-state index contributed by atoms with van der Waals surface area (Å²) in [5.41, 5.74) is -1.34. The van der Waals surface area contributed by atoms with Crippen molar-refractivity contribution in [3.05, 3.63) is 92.1 Å². The molecular formula is C22H15ClF6N2O3. The molecule has 3 rings (SSSR count). The number of aryl methyl sites for hydroxylation is 1. The van der Waals surface area contributed by atoms with E-state index in [9.17, 15) is 35.9 Å². The smallest absolute Gasteiger partial charge is 0.471 e. The van der Waals surface area contributed by atoms with Gasteiger partial charge in [-0.25, -0.2) is 13.2 Å². The van der Waals surface area contributed by atoms with Crippen LogP contribution >= 0.6 is 11.6 Å². The van der Waals surface area contributed by atoms with Crippen LogP contribution < -0.4 is 15.6 Å². The average Bonchev–Trinajstić information content (AvgIpc) is 2.75. The fourth-order valence-corrected chi connectivity index (χ4v) is 3.29. The summed E-state index contributed by atoms with van der Waals surface area (Å²) in [6.45, 7) is 0.371. The van der Waals surface area contributed by atoms with Crippen LogP contribution in [0.2, 0.25) is 5.02 Å². The maximum atomic E-state index is 14.2. The number of hydrogen-bond donors (Lipinski definition) is 1. The van der Waals surface area contributed by atoms with Crippen molar-refractivity contribution in [1.82, 2.24) is 9.88 Å². The summed E-state index contributed by atoms with van der Waals surface area (Å²) >= 11 is 6.06.